The zero-order chi connectivity index (χ0) is 20.8. The third-order valence-corrected chi connectivity index (χ3v) is 4.37. The van der Waals surface area contributed by atoms with Crippen molar-refractivity contribution in [1.29, 1.82) is 0 Å². The maximum absolute atomic E-state index is 12.7. The third kappa shape index (κ3) is 5.19. The van der Waals surface area contributed by atoms with E-state index < -0.39 is 5.91 Å². The molecule has 3 aromatic rings. The van der Waals surface area contributed by atoms with Gasteiger partial charge in [0.25, 0.3) is 11.5 Å². The van der Waals surface area contributed by atoms with E-state index in [0.717, 1.165) is 5.56 Å². The fourth-order valence-electron chi connectivity index (χ4n) is 2.77. The Morgan fingerprint density at radius 3 is 2.28 bits per heavy atom. The van der Waals surface area contributed by atoms with Gasteiger partial charge in [-0.25, -0.2) is 0 Å². The maximum atomic E-state index is 12.7. The lowest BCUT2D eigenvalue weighted by Gasteiger charge is -2.11. The number of nitrogens with zero attached hydrogens (tertiary/aromatic N) is 1. The third-order valence-electron chi connectivity index (χ3n) is 4.37. The number of carbonyl (C=O) groups is 2. The Morgan fingerprint density at radius 1 is 0.897 bits per heavy atom. The van der Waals surface area contributed by atoms with Gasteiger partial charge in [0.05, 0.1) is 6.54 Å². The molecule has 0 aliphatic carbocycles. The first kappa shape index (κ1) is 20.1. The van der Waals surface area contributed by atoms with E-state index in [2.05, 4.69) is 10.6 Å². The molecule has 0 aliphatic heterocycles. The molecule has 0 bridgehead atoms. The molecule has 0 unspecified atom stereocenters. The van der Waals surface area contributed by atoms with E-state index in [4.69, 9.17) is 0 Å². The lowest BCUT2D eigenvalue weighted by Crippen LogP contribution is -2.29. The lowest BCUT2D eigenvalue weighted by molar-refractivity contribution is -0.118. The first-order valence-corrected chi connectivity index (χ1v) is 9.39. The maximum Gasteiger partial charge on any atom is 0.263 e. The minimum Gasteiger partial charge on any atom is -0.326 e. The predicted octanol–water partition coefficient (Wildman–Crippen LogP) is 3.74. The molecule has 1 aromatic heterocycles. The van der Waals surface area contributed by atoms with Gasteiger partial charge in [0, 0.05) is 23.5 Å². The summed E-state index contributed by atoms with van der Waals surface area (Å²) in [4.78, 5) is 37.3. The van der Waals surface area contributed by atoms with Crippen molar-refractivity contribution in [3.63, 3.8) is 0 Å². The number of hydrogen-bond acceptors (Lipinski definition) is 3. The van der Waals surface area contributed by atoms with Crippen LogP contribution in [-0.4, -0.2) is 16.4 Å². The molecule has 0 saturated carbocycles. The number of pyridine rings is 1. The SMILES string of the molecule is CC(C)C(=O)Nc1cccc(NC(=O)c2cccn(Cc3ccccc3)c2=O)c1. The van der Waals surface area contributed by atoms with Gasteiger partial charge in [0.1, 0.15) is 5.56 Å². The zero-order valence-electron chi connectivity index (χ0n) is 16.4. The van der Waals surface area contributed by atoms with Gasteiger partial charge >= 0.3 is 0 Å². The van der Waals surface area contributed by atoms with Crippen molar-refractivity contribution in [2.24, 2.45) is 5.92 Å². The van der Waals surface area contributed by atoms with Crippen LogP contribution in [0.2, 0.25) is 0 Å². The summed E-state index contributed by atoms with van der Waals surface area (Å²) >= 11 is 0. The number of benzene rings is 2. The Bertz CT molecular complexity index is 1070. The van der Waals surface area contributed by atoms with Crippen molar-refractivity contribution < 1.29 is 9.59 Å². The highest BCUT2D eigenvalue weighted by Gasteiger charge is 2.13. The molecule has 6 nitrogen and oxygen atoms in total. The summed E-state index contributed by atoms with van der Waals surface area (Å²) in [5.41, 5.74) is 1.74. The van der Waals surface area contributed by atoms with E-state index in [9.17, 15) is 14.4 Å². The van der Waals surface area contributed by atoms with Crippen LogP contribution >= 0.6 is 0 Å². The smallest absolute Gasteiger partial charge is 0.263 e. The number of aromatic nitrogens is 1. The highest BCUT2D eigenvalue weighted by atomic mass is 16.2. The molecule has 2 N–H and O–H groups in total. The van der Waals surface area contributed by atoms with E-state index in [1.165, 1.54) is 10.6 Å². The molecule has 148 valence electrons. The quantitative estimate of drug-likeness (QED) is 0.674. The molecule has 0 atom stereocenters. The number of amides is 2. The standard InChI is InChI=1S/C23H23N3O3/c1-16(2)21(27)24-18-10-6-11-19(14-18)25-22(28)20-12-7-13-26(23(20)29)15-17-8-4-3-5-9-17/h3-14,16H,15H2,1-2H3,(H,24,27)(H,25,28). The molecule has 2 aromatic carbocycles. The van der Waals surface area contributed by atoms with Crippen LogP contribution in [0.4, 0.5) is 11.4 Å². The van der Waals surface area contributed by atoms with Crippen LogP contribution in [-0.2, 0) is 11.3 Å². The molecule has 3 rings (SSSR count). The number of carbonyl (C=O) groups excluding carboxylic acids is 2. The second-order valence-corrected chi connectivity index (χ2v) is 7.02. The summed E-state index contributed by atoms with van der Waals surface area (Å²) in [6, 6.07) is 19.6. The summed E-state index contributed by atoms with van der Waals surface area (Å²) < 4.78 is 1.50. The van der Waals surface area contributed by atoms with Crippen LogP contribution in [0.5, 0.6) is 0 Å². The highest BCUT2D eigenvalue weighted by molar-refractivity contribution is 6.04. The Labute approximate surface area is 169 Å². The largest absolute Gasteiger partial charge is 0.326 e. The number of nitrogens with one attached hydrogen (secondary N) is 2. The molecular formula is C23H23N3O3. The average Bonchev–Trinajstić information content (AvgIpc) is 2.70. The fourth-order valence-corrected chi connectivity index (χ4v) is 2.77. The second kappa shape index (κ2) is 9.01. The first-order valence-electron chi connectivity index (χ1n) is 9.39. The molecule has 1 heterocycles. The molecule has 0 saturated heterocycles. The van der Waals surface area contributed by atoms with E-state index in [1.54, 1.807) is 50.4 Å². The van der Waals surface area contributed by atoms with E-state index in [0.29, 0.717) is 17.9 Å². The van der Waals surface area contributed by atoms with Crippen LogP contribution in [0.1, 0.15) is 29.8 Å². The van der Waals surface area contributed by atoms with Gasteiger partial charge < -0.3 is 15.2 Å². The second-order valence-electron chi connectivity index (χ2n) is 7.02. The van der Waals surface area contributed by atoms with Crippen LogP contribution in [0.25, 0.3) is 0 Å². The summed E-state index contributed by atoms with van der Waals surface area (Å²) in [5.74, 6) is -0.759. The van der Waals surface area contributed by atoms with Crippen molar-refractivity contribution in [1.82, 2.24) is 4.57 Å². The van der Waals surface area contributed by atoms with Crippen molar-refractivity contribution in [3.05, 3.63) is 94.4 Å². The van der Waals surface area contributed by atoms with E-state index >= 15 is 0 Å². The van der Waals surface area contributed by atoms with Crippen LogP contribution in [0.15, 0.2) is 77.7 Å². The van der Waals surface area contributed by atoms with Gasteiger partial charge in [-0.3, -0.25) is 14.4 Å². The minimum atomic E-state index is -0.496. The van der Waals surface area contributed by atoms with Gasteiger partial charge in [-0.1, -0.05) is 50.2 Å². The van der Waals surface area contributed by atoms with Crippen LogP contribution in [0, 0.1) is 5.92 Å². The van der Waals surface area contributed by atoms with Crippen molar-refractivity contribution in [2.75, 3.05) is 10.6 Å². The molecule has 0 fully saturated rings. The average molecular weight is 389 g/mol. The summed E-state index contributed by atoms with van der Waals surface area (Å²) in [6.45, 7) is 3.99. The molecule has 2 amide bonds. The summed E-state index contributed by atoms with van der Waals surface area (Å²) in [5, 5.41) is 5.52. The minimum absolute atomic E-state index is 0.0556. The predicted molar refractivity (Wildman–Crippen MR) is 114 cm³/mol. The van der Waals surface area contributed by atoms with E-state index in [1.807, 2.05) is 30.3 Å². The van der Waals surface area contributed by atoms with Gasteiger partial charge in [0.2, 0.25) is 5.91 Å². The Hall–Kier alpha value is -3.67. The lowest BCUT2D eigenvalue weighted by atomic mass is 10.2. The summed E-state index contributed by atoms with van der Waals surface area (Å²) in [7, 11) is 0. The molecule has 0 aliphatic rings. The van der Waals surface area contributed by atoms with Crippen LogP contribution in [0.3, 0.4) is 0 Å². The molecule has 29 heavy (non-hydrogen) atoms. The molecule has 0 radical (unpaired) electrons. The fraction of sp³-hybridized carbons (Fsp3) is 0.174. The first-order chi connectivity index (χ1) is 13.9. The van der Waals surface area contributed by atoms with Crippen molar-refractivity contribution in [3.8, 4) is 0 Å². The monoisotopic (exact) mass is 389 g/mol. The number of rotatable bonds is 6. The van der Waals surface area contributed by atoms with Crippen LogP contribution < -0.4 is 16.2 Å². The van der Waals surface area contributed by atoms with Gasteiger partial charge in [-0.15, -0.1) is 0 Å². The molecule has 6 heteroatoms. The Morgan fingerprint density at radius 2 is 1.59 bits per heavy atom. The van der Waals surface area contributed by atoms with Crippen molar-refractivity contribution >= 4 is 23.2 Å². The molecule has 0 spiro atoms. The summed E-state index contributed by atoms with van der Waals surface area (Å²) in [6.07, 6.45) is 1.66. The Kier molecular flexibility index (Phi) is 6.24. The zero-order valence-corrected chi connectivity index (χ0v) is 16.4. The van der Waals surface area contributed by atoms with Crippen molar-refractivity contribution in [2.45, 2.75) is 20.4 Å². The van der Waals surface area contributed by atoms with E-state index in [-0.39, 0.29) is 22.9 Å². The number of hydrogen-bond donors (Lipinski definition) is 2. The van der Waals surface area contributed by atoms with Gasteiger partial charge in [0.15, 0.2) is 0 Å². The normalized spacial score (nSPS) is 10.6. The topological polar surface area (TPSA) is 80.2 Å². The number of anilines is 2. The highest BCUT2D eigenvalue weighted by Crippen LogP contribution is 2.16. The Balaban J connectivity index is 1.77. The van der Waals surface area contributed by atoms with Gasteiger partial charge in [-0.05, 0) is 35.9 Å². The molecular weight excluding hydrogens is 366 g/mol. The van der Waals surface area contributed by atoms with Gasteiger partial charge in [-0.2, -0.15) is 0 Å².